The SMILES string of the molecule is CCC(CCNC(=NC)NC1CCN(c2ccc(F)cc2F)C1)N1CCCC1=O. The maximum atomic E-state index is 14.0. The van der Waals surface area contributed by atoms with E-state index in [2.05, 4.69) is 22.5 Å². The molecular weight excluding hydrogens is 376 g/mol. The Balaban J connectivity index is 1.46. The first-order chi connectivity index (χ1) is 14.0. The Hall–Kier alpha value is -2.38. The molecule has 2 N–H and O–H groups in total. The van der Waals surface area contributed by atoms with Crippen molar-refractivity contribution in [3.63, 3.8) is 0 Å². The van der Waals surface area contributed by atoms with Gasteiger partial charge in [0.15, 0.2) is 5.96 Å². The smallest absolute Gasteiger partial charge is 0.222 e. The second-order valence-electron chi connectivity index (χ2n) is 7.71. The molecule has 3 rings (SSSR count). The van der Waals surface area contributed by atoms with Crippen LogP contribution in [-0.4, -0.2) is 62.1 Å². The van der Waals surface area contributed by atoms with E-state index in [0.717, 1.165) is 44.8 Å². The van der Waals surface area contributed by atoms with E-state index < -0.39 is 11.6 Å². The number of hydrogen-bond donors (Lipinski definition) is 2. The molecule has 2 aliphatic heterocycles. The van der Waals surface area contributed by atoms with Gasteiger partial charge in [-0.2, -0.15) is 0 Å². The van der Waals surface area contributed by atoms with Crippen molar-refractivity contribution in [1.82, 2.24) is 15.5 Å². The highest BCUT2D eigenvalue weighted by atomic mass is 19.1. The van der Waals surface area contributed by atoms with E-state index in [4.69, 9.17) is 0 Å². The highest BCUT2D eigenvalue weighted by Gasteiger charge is 2.27. The third-order valence-electron chi connectivity index (χ3n) is 5.80. The van der Waals surface area contributed by atoms with Gasteiger partial charge in [0.1, 0.15) is 11.6 Å². The van der Waals surface area contributed by atoms with Gasteiger partial charge in [0, 0.05) is 57.8 Å². The summed E-state index contributed by atoms with van der Waals surface area (Å²) in [6.45, 7) is 5.04. The summed E-state index contributed by atoms with van der Waals surface area (Å²) in [4.78, 5) is 20.2. The van der Waals surface area contributed by atoms with Crippen LogP contribution in [0.5, 0.6) is 0 Å². The number of halogens is 2. The lowest BCUT2D eigenvalue weighted by atomic mass is 10.1. The summed E-state index contributed by atoms with van der Waals surface area (Å²) in [5.41, 5.74) is 0.430. The van der Waals surface area contributed by atoms with E-state index in [1.54, 1.807) is 7.05 Å². The number of hydrogen-bond acceptors (Lipinski definition) is 3. The number of benzene rings is 1. The molecule has 0 bridgehead atoms. The molecule has 0 aliphatic carbocycles. The monoisotopic (exact) mass is 407 g/mol. The van der Waals surface area contributed by atoms with Gasteiger partial charge >= 0.3 is 0 Å². The summed E-state index contributed by atoms with van der Waals surface area (Å²) in [7, 11) is 1.73. The fourth-order valence-corrected chi connectivity index (χ4v) is 4.22. The molecule has 2 aliphatic rings. The number of carbonyl (C=O) groups excluding carboxylic acids is 1. The molecule has 1 amide bonds. The van der Waals surface area contributed by atoms with Crippen LogP contribution in [0.1, 0.15) is 39.0 Å². The Kier molecular flexibility index (Phi) is 7.28. The molecule has 0 aromatic heterocycles. The third kappa shape index (κ3) is 5.36. The zero-order valence-corrected chi connectivity index (χ0v) is 17.3. The summed E-state index contributed by atoms with van der Waals surface area (Å²) in [5.74, 6) is -0.126. The van der Waals surface area contributed by atoms with Gasteiger partial charge in [0.25, 0.3) is 0 Å². The Morgan fingerprint density at radius 1 is 1.34 bits per heavy atom. The molecule has 0 spiro atoms. The maximum Gasteiger partial charge on any atom is 0.222 e. The van der Waals surface area contributed by atoms with Crippen LogP contribution in [0.4, 0.5) is 14.5 Å². The highest BCUT2D eigenvalue weighted by molar-refractivity contribution is 5.80. The van der Waals surface area contributed by atoms with Crippen molar-refractivity contribution in [2.24, 2.45) is 4.99 Å². The van der Waals surface area contributed by atoms with Gasteiger partial charge in [-0.05, 0) is 37.8 Å². The van der Waals surface area contributed by atoms with Crippen molar-refractivity contribution in [2.75, 3.05) is 38.1 Å². The number of anilines is 1. The van der Waals surface area contributed by atoms with E-state index in [1.165, 1.54) is 12.1 Å². The van der Waals surface area contributed by atoms with Crippen molar-refractivity contribution in [1.29, 1.82) is 0 Å². The predicted octanol–water partition coefficient (Wildman–Crippen LogP) is 2.50. The average Bonchev–Trinajstić information content (AvgIpc) is 3.33. The lowest BCUT2D eigenvalue weighted by molar-refractivity contribution is -0.129. The Morgan fingerprint density at radius 2 is 2.17 bits per heavy atom. The minimum Gasteiger partial charge on any atom is -0.367 e. The molecule has 2 saturated heterocycles. The molecule has 29 heavy (non-hydrogen) atoms. The quantitative estimate of drug-likeness (QED) is 0.539. The standard InChI is InChI=1S/C21H31F2N5O/c1-3-17(28-11-4-5-20(28)29)8-10-25-21(24-2)26-16-9-12-27(14-16)19-7-6-15(22)13-18(19)23/h6-7,13,16-17H,3-5,8-12,14H2,1-2H3,(H2,24,25,26). The van der Waals surface area contributed by atoms with E-state index in [0.29, 0.717) is 31.2 Å². The van der Waals surface area contributed by atoms with Crippen molar-refractivity contribution in [3.8, 4) is 0 Å². The van der Waals surface area contributed by atoms with Gasteiger partial charge in [0.2, 0.25) is 5.91 Å². The van der Waals surface area contributed by atoms with Crippen LogP contribution in [0.3, 0.4) is 0 Å². The lowest BCUT2D eigenvalue weighted by Crippen LogP contribution is -2.46. The fourth-order valence-electron chi connectivity index (χ4n) is 4.22. The molecule has 160 valence electrons. The van der Waals surface area contributed by atoms with Crippen LogP contribution >= 0.6 is 0 Å². The molecule has 1 aromatic carbocycles. The van der Waals surface area contributed by atoms with Gasteiger partial charge in [0.05, 0.1) is 5.69 Å². The minimum atomic E-state index is -0.564. The Bertz CT molecular complexity index is 742. The van der Waals surface area contributed by atoms with Crippen molar-refractivity contribution < 1.29 is 13.6 Å². The molecule has 2 atom stereocenters. The molecule has 0 saturated carbocycles. The summed E-state index contributed by atoms with van der Waals surface area (Å²) >= 11 is 0. The molecule has 2 heterocycles. The van der Waals surface area contributed by atoms with E-state index >= 15 is 0 Å². The van der Waals surface area contributed by atoms with Gasteiger partial charge in [-0.1, -0.05) is 6.92 Å². The normalized spacial score (nSPS) is 21.0. The van der Waals surface area contributed by atoms with Crippen LogP contribution in [0.2, 0.25) is 0 Å². The minimum absolute atomic E-state index is 0.132. The second-order valence-corrected chi connectivity index (χ2v) is 7.71. The van der Waals surface area contributed by atoms with Crippen molar-refractivity contribution in [3.05, 3.63) is 29.8 Å². The van der Waals surface area contributed by atoms with Gasteiger partial charge in [-0.15, -0.1) is 0 Å². The number of carbonyl (C=O) groups is 1. The number of nitrogens with zero attached hydrogens (tertiary/aromatic N) is 3. The van der Waals surface area contributed by atoms with Gasteiger partial charge < -0.3 is 20.4 Å². The number of rotatable bonds is 7. The molecule has 2 fully saturated rings. The topological polar surface area (TPSA) is 60.0 Å². The van der Waals surface area contributed by atoms with E-state index in [-0.39, 0.29) is 18.0 Å². The van der Waals surface area contributed by atoms with Crippen LogP contribution < -0.4 is 15.5 Å². The summed E-state index contributed by atoms with van der Waals surface area (Å²) in [5, 5.41) is 6.72. The fraction of sp³-hybridized carbons (Fsp3) is 0.619. The third-order valence-corrected chi connectivity index (χ3v) is 5.80. The largest absolute Gasteiger partial charge is 0.367 e. The molecule has 0 radical (unpaired) electrons. The van der Waals surface area contributed by atoms with E-state index in [9.17, 15) is 13.6 Å². The first-order valence-corrected chi connectivity index (χ1v) is 10.5. The summed E-state index contributed by atoms with van der Waals surface area (Å²) < 4.78 is 27.2. The highest BCUT2D eigenvalue weighted by Crippen LogP contribution is 2.24. The zero-order chi connectivity index (χ0) is 20.8. The first kappa shape index (κ1) is 21.3. The number of likely N-dealkylation sites (tertiary alicyclic amines) is 1. The van der Waals surface area contributed by atoms with Crippen LogP contribution in [0.25, 0.3) is 0 Å². The second kappa shape index (κ2) is 9.89. The molecular formula is C21H31F2N5O. The molecule has 8 heteroatoms. The van der Waals surface area contributed by atoms with E-state index in [1.807, 2.05) is 9.80 Å². The van der Waals surface area contributed by atoms with Crippen molar-refractivity contribution >= 4 is 17.6 Å². The van der Waals surface area contributed by atoms with Crippen LogP contribution in [0, 0.1) is 11.6 Å². The number of aliphatic imine (C=N–C) groups is 1. The van der Waals surface area contributed by atoms with Gasteiger partial charge in [-0.3, -0.25) is 9.79 Å². The Labute approximate surface area is 171 Å². The maximum absolute atomic E-state index is 14.0. The molecule has 1 aromatic rings. The first-order valence-electron chi connectivity index (χ1n) is 10.5. The lowest BCUT2D eigenvalue weighted by Gasteiger charge is -2.27. The molecule has 2 unspecified atom stereocenters. The van der Waals surface area contributed by atoms with Crippen LogP contribution in [-0.2, 0) is 4.79 Å². The van der Waals surface area contributed by atoms with Gasteiger partial charge in [-0.25, -0.2) is 8.78 Å². The summed E-state index contributed by atoms with van der Waals surface area (Å²) in [6, 6.07) is 4.10. The Morgan fingerprint density at radius 3 is 2.83 bits per heavy atom. The summed E-state index contributed by atoms with van der Waals surface area (Å²) in [6.07, 6.45) is 4.29. The average molecular weight is 408 g/mol. The van der Waals surface area contributed by atoms with Crippen molar-refractivity contribution in [2.45, 2.75) is 51.1 Å². The number of nitrogens with one attached hydrogen (secondary N) is 2. The predicted molar refractivity (Wildman–Crippen MR) is 111 cm³/mol. The van der Waals surface area contributed by atoms with Crippen LogP contribution in [0.15, 0.2) is 23.2 Å². The number of amides is 1. The zero-order valence-electron chi connectivity index (χ0n) is 17.3. The molecule has 6 nitrogen and oxygen atoms in total. The number of guanidine groups is 1.